The Hall–Kier alpha value is -2.87. The van der Waals surface area contributed by atoms with E-state index in [1.165, 1.54) is 4.57 Å². The molecule has 0 aliphatic carbocycles. The number of hydrogen-bond acceptors (Lipinski definition) is 5. The van der Waals surface area contributed by atoms with Crippen LogP contribution in [0.15, 0.2) is 33.9 Å². The Morgan fingerprint density at radius 1 is 1.27 bits per heavy atom. The Kier molecular flexibility index (Phi) is 6.35. The number of aromatic nitrogens is 2. The molecule has 1 aromatic carbocycles. The standard InChI is InChI=1S/C18H24N4O4/c1-4-9-22-16(19)15(17(24)20-18(22)25)14(23)11-21(2)10-12-5-7-13(26-3)8-6-12/h5-8H,4,9-11,19H2,1-3H3,(H,20,24,25)/p+1. The summed E-state index contributed by atoms with van der Waals surface area (Å²) in [5, 5.41) is 0. The molecule has 1 unspecified atom stereocenters. The fourth-order valence-electron chi connectivity index (χ4n) is 2.82. The molecule has 0 bridgehead atoms. The second-order valence-electron chi connectivity index (χ2n) is 6.25. The first-order valence-corrected chi connectivity index (χ1v) is 8.47. The van der Waals surface area contributed by atoms with E-state index >= 15 is 0 Å². The van der Waals surface area contributed by atoms with Gasteiger partial charge in [0.2, 0.25) is 5.78 Å². The minimum atomic E-state index is -0.734. The number of likely N-dealkylation sites (N-methyl/N-ethyl adjacent to an activating group) is 1. The topological polar surface area (TPSA) is 112 Å². The summed E-state index contributed by atoms with van der Waals surface area (Å²) in [7, 11) is 3.46. The second-order valence-corrected chi connectivity index (χ2v) is 6.25. The summed E-state index contributed by atoms with van der Waals surface area (Å²) < 4.78 is 6.35. The first-order valence-electron chi connectivity index (χ1n) is 8.47. The molecule has 140 valence electrons. The van der Waals surface area contributed by atoms with Crippen LogP contribution in [0, 0.1) is 0 Å². The van der Waals surface area contributed by atoms with Gasteiger partial charge in [-0.2, -0.15) is 0 Å². The van der Waals surface area contributed by atoms with Gasteiger partial charge in [0.15, 0.2) is 0 Å². The maximum Gasteiger partial charge on any atom is 0.329 e. The van der Waals surface area contributed by atoms with Gasteiger partial charge >= 0.3 is 5.69 Å². The molecule has 1 aromatic heterocycles. The number of nitrogen functional groups attached to an aromatic ring is 1. The average Bonchev–Trinajstić information content (AvgIpc) is 2.59. The minimum absolute atomic E-state index is 0.0668. The van der Waals surface area contributed by atoms with Gasteiger partial charge in [0, 0.05) is 12.1 Å². The number of hydrogen-bond donors (Lipinski definition) is 3. The van der Waals surface area contributed by atoms with Gasteiger partial charge in [-0.05, 0) is 30.7 Å². The van der Waals surface area contributed by atoms with E-state index in [-0.39, 0.29) is 23.7 Å². The Balaban J connectivity index is 2.17. The van der Waals surface area contributed by atoms with E-state index in [1.807, 2.05) is 38.2 Å². The van der Waals surface area contributed by atoms with Gasteiger partial charge in [0.25, 0.3) is 5.56 Å². The Morgan fingerprint density at radius 3 is 2.50 bits per heavy atom. The predicted molar refractivity (Wildman–Crippen MR) is 98.8 cm³/mol. The van der Waals surface area contributed by atoms with Crippen molar-refractivity contribution in [1.82, 2.24) is 9.55 Å². The van der Waals surface area contributed by atoms with Gasteiger partial charge in [0.1, 0.15) is 30.2 Å². The van der Waals surface area contributed by atoms with Gasteiger partial charge in [-0.3, -0.25) is 19.1 Å². The zero-order valence-electron chi connectivity index (χ0n) is 15.3. The molecule has 26 heavy (non-hydrogen) atoms. The highest BCUT2D eigenvalue weighted by atomic mass is 16.5. The summed E-state index contributed by atoms with van der Waals surface area (Å²) in [6.07, 6.45) is 0.659. The molecular weight excluding hydrogens is 336 g/mol. The molecule has 1 heterocycles. The maximum atomic E-state index is 12.6. The van der Waals surface area contributed by atoms with Crippen molar-refractivity contribution in [3.63, 3.8) is 0 Å². The number of carbonyl (C=O) groups is 1. The van der Waals surface area contributed by atoms with E-state index in [0.717, 1.165) is 16.2 Å². The first-order chi connectivity index (χ1) is 12.4. The van der Waals surface area contributed by atoms with Crippen LogP contribution in [0.5, 0.6) is 5.75 Å². The van der Waals surface area contributed by atoms with E-state index in [4.69, 9.17) is 10.5 Å². The lowest BCUT2D eigenvalue weighted by molar-refractivity contribution is -0.884. The smallest absolute Gasteiger partial charge is 0.329 e. The van der Waals surface area contributed by atoms with E-state index in [0.29, 0.717) is 19.5 Å². The predicted octanol–water partition coefficient (Wildman–Crippen LogP) is -0.565. The monoisotopic (exact) mass is 361 g/mol. The fraction of sp³-hybridized carbons (Fsp3) is 0.389. The van der Waals surface area contributed by atoms with Crippen molar-refractivity contribution in [2.45, 2.75) is 26.4 Å². The summed E-state index contributed by atoms with van der Waals surface area (Å²) in [6, 6.07) is 7.56. The minimum Gasteiger partial charge on any atom is -0.497 e. The molecule has 0 saturated carbocycles. The third-order valence-electron chi connectivity index (χ3n) is 4.09. The number of ketones is 1. The number of quaternary nitrogens is 1. The van der Waals surface area contributed by atoms with Crippen molar-refractivity contribution in [1.29, 1.82) is 0 Å². The van der Waals surface area contributed by atoms with Crippen molar-refractivity contribution < 1.29 is 14.4 Å². The third kappa shape index (κ3) is 4.40. The van der Waals surface area contributed by atoms with Gasteiger partial charge in [-0.1, -0.05) is 6.92 Å². The van der Waals surface area contributed by atoms with Crippen molar-refractivity contribution in [2.75, 3.05) is 26.4 Å². The number of Topliss-reactive ketones (excluding diaryl/α,β-unsaturated/α-hetero) is 1. The number of nitrogens with two attached hydrogens (primary N) is 1. The number of carbonyl (C=O) groups excluding carboxylic acids is 1. The SMILES string of the molecule is CCCn1c(N)c(C(=O)C[NH+](C)Cc2ccc(OC)cc2)c(=O)[nH]c1=O. The van der Waals surface area contributed by atoms with Crippen LogP contribution in [0.1, 0.15) is 29.3 Å². The quantitative estimate of drug-likeness (QED) is 0.546. The molecule has 0 aliphatic rings. The number of anilines is 1. The zero-order valence-corrected chi connectivity index (χ0v) is 15.3. The van der Waals surface area contributed by atoms with E-state index in [9.17, 15) is 14.4 Å². The molecule has 0 aliphatic heterocycles. The highest BCUT2D eigenvalue weighted by molar-refractivity contribution is 6.00. The molecule has 0 spiro atoms. The number of nitrogens with one attached hydrogen (secondary N) is 2. The first kappa shape index (κ1) is 19.5. The number of benzene rings is 1. The third-order valence-corrected chi connectivity index (χ3v) is 4.09. The van der Waals surface area contributed by atoms with Crippen LogP contribution in [0.2, 0.25) is 0 Å². The second kappa shape index (κ2) is 8.48. The van der Waals surface area contributed by atoms with Gasteiger partial charge in [-0.15, -0.1) is 0 Å². The fourth-order valence-corrected chi connectivity index (χ4v) is 2.82. The van der Waals surface area contributed by atoms with Crippen LogP contribution in [0.4, 0.5) is 5.82 Å². The highest BCUT2D eigenvalue weighted by Crippen LogP contribution is 2.10. The van der Waals surface area contributed by atoms with E-state index in [2.05, 4.69) is 4.98 Å². The largest absolute Gasteiger partial charge is 0.497 e. The lowest BCUT2D eigenvalue weighted by Crippen LogP contribution is -3.08. The number of nitrogens with zero attached hydrogens (tertiary/aromatic N) is 1. The van der Waals surface area contributed by atoms with Crippen LogP contribution in [0.3, 0.4) is 0 Å². The normalized spacial score (nSPS) is 12.0. The molecule has 0 saturated heterocycles. The molecule has 2 aromatic rings. The molecule has 0 amide bonds. The van der Waals surface area contributed by atoms with E-state index in [1.54, 1.807) is 7.11 Å². The number of rotatable bonds is 8. The number of methoxy groups -OCH3 is 1. The molecule has 8 heteroatoms. The Bertz CT molecular complexity index is 884. The summed E-state index contributed by atoms with van der Waals surface area (Å²) >= 11 is 0. The van der Waals surface area contributed by atoms with Gasteiger partial charge < -0.3 is 15.4 Å². The highest BCUT2D eigenvalue weighted by Gasteiger charge is 2.22. The van der Waals surface area contributed by atoms with Crippen molar-refractivity contribution in [2.24, 2.45) is 0 Å². The van der Waals surface area contributed by atoms with Crippen molar-refractivity contribution in [3.05, 3.63) is 56.2 Å². The molecule has 2 rings (SSSR count). The van der Waals surface area contributed by atoms with Crippen LogP contribution in [-0.4, -0.2) is 36.0 Å². The van der Waals surface area contributed by atoms with Crippen molar-refractivity contribution >= 4 is 11.6 Å². The maximum absolute atomic E-state index is 12.6. The average molecular weight is 361 g/mol. The van der Waals surface area contributed by atoms with Gasteiger partial charge in [-0.25, -0.2) is 4.79 Å². The zero-order chi connectivity index (χ0) is 19.3. The Morgan fingerprint density at radius 2 is 1.92 bits per heavy atom. The number of H-pyrrole nitrogens is 1. The summed E-state index contributed by atoms with van der Waals surface area (Å²) in [5.74, 6) is 0.308. The summed E-state index contributed by atoms with van der Waals surface area (Å²) in [5.41, 5.74) is 5.49. The van der Waals surface area contributed by atoms with E-state index < -0.39 is 11.2 Å². The molecule has 0 fully saturated rings. The molecule has 0 radical (unpaired) electrons. The van der Waals surface area contributed by atoms with Gasteiger partial charge in [0.05, 0.1) is 14.2 Å². The van der Waals surface area contributed by atoms with Crippen LogP contribution < -0.4 is 26.6 Å². The molecule has 4 N–H and O–H groups in total. The number of aromatic amines is 1. The van der Waals surface area contributed by atoms with Crippen LogP contribution in [0.25, 0.3) is 0 Å². The molecule has 8 nitrogen and oxygen atoms in total. The van der Waals surface area contributed by atoms with Crippen LogP contribution in [-0.2, 0) is 13.1 Å². The lowest BCUT2D eigenvalue weighted by atomic mass is 10.1. The van der Waals surface area contributed by atoms with Crippen molar-refractivity contribution in [3.8, 4) is 5.75 Å². The Labute approximate surface area is 151 Å². The summed E-state index contributed by atoms with van der Waals surface area (Å²) in [6.45, 7) is 2.91. The lowest BCUT2D eigenvalue weighted by Gasteiger charge is -2.15. The summed E-state index contributed by atoms with van der Waals surface area (Å²) in [4.78, 5) is 39.6. The van der Waals surface area contributed by atoms with Crippen LogP contribution >= 0.6 is 0 Å². The number of ether oxygens (including phenoxy) is 1. The molecule has 1 atom stereocenters. The molecular formula is C18H25N4O4+.